The lowest BCUT2D eigenvalue weighted by Gasteiger charge is -2.27. The second-order valence-corrected chi connectivity index (χ2v) is 9.56. The van der Waals surface area contributed by atoms with E-state index in [0.717, 1.165) is 23.4 Å². The summed E-state index contributed by atoms with van der Waals surface area (Å²) in [6.45, 7) is 2.43. The smallest absolute Gasteiger partial charge is 0.254 e. The first-order chi connectivity index (χ1) is 17.7. The molecule has 1 saturated heterocycles. The summed E-state index contributed by atoms with van der Waals surface area (Å²) in [5.41, 5.74) is 4.71. The SMILES string of the molecule is O=C(c1ccc(N2N=C(c3ccccc3Cl)CC2c2ccc3ccccc3c2)cc1)N1CCOCC1. The van der Waals surface area contributed by atoms with E-state index in [1.807, 2.05) is 53.4 Å². The molecule has 2 aliphatic heterocycles. The largest absolute Gasteiger partial charge is 0.378 e. The number of ether oxygens (including phenoxy) is 1. The second kappa shape index (κ2) is 9.76. The van der Waals surface area contributed by atoms with E-state index in [1.54, 1.807) is 0 Å². The number of amides is 1. The van der Waals surface area contributed by atoms with Gasteiger partial charge in [0.1, 0.15) is 0 Å². The van der Waals surface area contributed by atoms with Crippen LogP contribution in [0.15, 0.2) is 96.1 Å². The summed E-state index contributed by atoms with van der Waals surface area (Å²) in [5.74, 6) is 0.0395. The standard InChI is InChI=1S/C30H26ClN3O2/c31-27-8-4-3-7-26(27)28-20-29(24-10-9-21-5-1-2-6-23(21)19-24)34(32-28)25-13-11-22(12-14-25)30(35)33-15-17-36-18-16-33/h1-14,19,29H,15-18,20H2. The van der Waals surface area contributed by atoms with Crippen LogP contribution in [0.25, 0.3) is 10.8 Å². The van der Waals surface area contributed by atoms with Gasteiger partial charge in [0.15, 0.2) is 0 Å². The lowest BCUT2D eigenvalue weighted by atomic mass is 9.96. The Bertz CT molecular complexity index is 1440. The van der Waals surface area contributed by atoms with Crippen LogP contribution in [0.5, 0.6) is 0 Å². The van der Waals surface area contributed by atoms with Gasteiger partial charge in [-0.2, -0.15) is 5.10 Å². The van der Waals surface area contributed by atoms with Crippen LogP contribution in [-0.4, -0.2) is 42.8 Å². The number of hydrogen-bond acceptors (Lipinski definition) is 4. The first-order valence-electron chi connectivity index (χ1n) is 12.2. The van der Waals surface area contributed by atoms with Crippen molar-refractivity contribution < 1.29 is 9.53 Å². The molecule has 2 heterocycles. The number of nitrogens with zero attached hydrogens (tertiary/aromatic N) is 3. The number of halogens is 1. The maximum Gasteiger partial charge on any atom is 0.254 e. The number of carbonyl (C=O) groups excluding carboxylic acids is 1. The monoisotopic (exact) mass is 495 g/mol. The molecule has 4 aromatic carbocycles. The highest BCUT2D eigenvalue weighted by Gasteiger charge is 2.31. The summed E-state index contributed by atoms with van der Waals surface area (Å²) in [4.78, 5) is 14.8. The van der Waals surface area contributed by atoms with Crippen molar-refractivity contribution in [1.82, 2.24) is 4.90 Å². The summed E-state index contributed by atoms with van der Waals surface area (Å²) in [5, 5.41) is 10.2. The zero-order chi connectivity index (χ0) is 24.5. The number of hydrazone groups is 1. The van der Waals surface area contributed by atoms with Crippen molar-refractivity contribution in [3.63, 3.8) is 0 Å². The minimum Gasteiger partial charge on any atom is -0.378 e. The molecular weight excluding hydrogens is 470 g/mol. The van der Waals surface area contributed by atoms with Crippen molar-refractivity contribution in [2.45, 2.75) is 12.5 Å². The fraction of sp³-hybridized carbons (Fsp3) is 0.200. The maximum atomic E-state index is 12.9. The quantitative estimate of drug-likeness (QED) is 0.332. The Hall–Kier alpha value is -3.67. The topological polar surface area (TPSA) is 45.1 Å². The Morgan fingerprint density at radius 2 is 1.58 bits per heavy atom. The lowest BCUT2D eigenvalue weighted by molar-refractivity contribution is 0.0303. The molecule has 0 aromatic heterocycles. The maximum absolute atomic E-state index is 12.9. The van der Waals surface area contributed by atoms with Crippen LogP contribution < -0.4 is 5.01 Å². The van der Waals surface area contributed by atoms with E-state index in [1.165, 1.54) is 16.3 Å². The summed E-state index contributed by atoms with van der Waals surface area (Å²) < 4.78 is 5.38. The van der Waals surface area contributed by atoms with E-state index < -0.39 is 0 Å². The molecule has 0 spiro atoms. The van der Waals surface area contributed by atoms with E-state index in [2.05, 4.69) is 47.5 Å². The lowest BCUT2D eigenvalue weighted by Crippen LogP contribution is -2.40. The van der Waals surface area contributed by atoms with Crippen molar-refractivity contribution in [2.24, 2.45) is 5.10 Å². The molecule has 0 aliphatic carbocycles. The highest BCUT2D eigenvalue weighted by molar-refractivity contribution is 6.34. The van der Waals surface area contributed by atoms with E-state index >= 15 is 0 Å². The molecule has 1 atom stereocenters. The van der Waals surface area contributed by atoms with Gasteiger partial charge in [-0.3, -0.25) is 9.80 Å². The van der Waals surface area contributed by atoms with Crippen molar-refractivity contribution in [1.29, 1.82) is 0 Å². The van der Waals surface area contributed by atoms with Gasteiger partial charge in [-0.15, -0.1) is 0 Å². The zero-order valence-corrected chi connectivity index (χ0v) is 20.6. The van der Waals surface area contributed by atoms with Crippen LogP contribution >= 0.6 is 11.6 Å². The van der Waals surface area contributed by atoms with Crippen LogP contribution in [-0.2, 0) is 4.74 Å². The molecule has 36 heavy (non-hydrogen) atoms. The first-order valence-corrected chi connectivity index (χ1v) is 12.6. The van der Waals surface area contributed by atoms with Crippen molar-refractivity contribution in [2.75, 3.05) is 31.3 Å². The van der Waals surface area contributed by atoms with Crippen LogP contribution in [0, 0.1) is 0 Å². The van der Waals surface area contributed by atoms with Gasteiger partial charge in [-0.25, -0.2) is 0 Å². The molecule has 4 aromatic rings. The molecule has 0 radical (unpaired) electrons. The van der Waals surface area contributed by atoms with E-state index in [0.29, 0.717) is 36.9 Å². The van der Waals surface area contributed by atoms with Gasteiger partial charge >= 0.3 is 0 Å². The Kier molecular flexibility index (Phi) is 6.18. The third-order valence-electron chi connectivity index (χ3n) is 6.93. The third kappa shape index (κ3) is 4.36. The molecule has 5 nitrogen and oxygen atoms in total. The summed E-state index contributed by atoms with van der Waals surface area (Å²) in [7, 11) is 0. The molecule has 6 heteroatoms. The minimum atomic E-state index is 0.0154. The molecule has 0 N–H and O–H groups in total. The number of benzene rings is 4. The second-order valence-electron chi connectivity index (χ2n) is 9.15. The van der Waals surface area contributed by atoms with Crippen LogP contribution in [0.2, 0.25) is 5.02 Å². The average Bonchev–Trinajstić information content (AvgIpc) is 3.38. The van der Waals surface area contributed by atoms with Crippen LogP contribution in [0.1, 0.15) is 33.9 Å². The van der Waals surface area contributed by atoms with Crippen LogP contribution in [0.3, 0.4) is 0 Å². The number of rotatable bonds is 4. The highest BCUT2D eigenvalue weighted by atomic mass is 35.5. The van der Waals surface area contributed by atoms with Gasteiger partial charge in [0, 0.05) is 35.7 Å². The summed E-state index contributed by atoms with van der Waals surface area (Å²) in [6, 6.07) is 30.6. The van der Waals surface area contributed by atoms with Gasteiger partial charge < -0.3 is 9.64 Å². The molecule has 1 amide bonds. The normalized spacial score (nSPS) is 17.9. The molecule has 1 unspecified atom stereocenters. The van der Waals surface area contributed by atoms with Crippen molar-refractivity contribution in [3.8, 4) is 0 Å². The van der Waals surface area contributed by atoms with E-state index in [-0.39, 0.29) is 11.9 Å². The number of carbonyl (C=O) groups is 1. The average molecular weight is 496 g/mol. The molecule has 0 saturated carbocycles. The summed E-state index contributed by atoms with van der Waals surface area (Å²) in [6.07, 6.45) is 0.733. The van der Waals surface area contributed by atoms with Gasteiger partial charge in [0.2, 0.25) is 0 Å². The molecule has 1 fully saturated rings. The molecule has 6 rings (SSSR count). The zero-order valence-electron chi connectivity index (χ0n) is 19.8. The predicted molar refractivity (Wildman–Crippen MR) is 145 cm³/mol. The Morgan fingerprint density at radius 1 is 0.861 bits per heavy atom. The molecule has 0 bridgehead atoms. The molecule has 180 valence electrons. The van der Waals surface area contributed by atoms with Crippen molar-refractivity contribution in [3.05, 3.63) is 113 Å². The van der Waals surface area contributed by atoms with Gasteiger partial charge in [0.05, 0.1) is 30.7 Å². The van der Waals surface area contributed by atoms with Gasteiger partial charge in [-0.05, 0) is 52.7 Å². The Balaban J connectivity index is 1.35. The van der Waals surface area contributed by atoms with E-state index in [4.69, 9.17) is 21.4 Å². The number of anilines is 1. The highest BCUT2D eigenvalue weighted by Crippen LogP contribution is 2.38. The van der Waals surface area contributed by atoms with E-state index in [9.17, 15) is 4.79 Å². The molecular formula is C30H26ClN3O2. The Morgan fingerprint density at radius 3 is 2.36 bits per heavy atom. The number of fused-ring (bicyclic) bond motifs is 1. The van der Waals surface area contributed by atoms with Crippen LogP contribution in [0.4, 0.5) is 5.69 Å². The number of morpholine rings is 1. The summed E-state index contributed by atoms with van der Waals surface area (Å²) >= 11 is 6.55. The first kappa shape index (κ1) is 22.8. The fourth-order valence-corrected chi connectivity index (χ4v) is 5.23. The predicted octanol–water partition coefficient (Wildman–Crippen LogP) is 6.32. The fourth-order valence-electron chi connectivity index (χ4n) is 4.99. The number of hydrogen-bond donors (Lipinski definition) is 0. The molecule has 2 aliphatic rings. The van der Waals surface area contributed by atoms with Gasteiger partial charge in [-0.1, -0.05) is 66.2 Å². The minimum absolute atomic E-state index is 0.0154. The van der Waals surface area contributed by atoms with Crippen molar-refractivity contribution >= 4 is 39.7 Å². The Labute approximate surface area is 215 Å². The van der Waals surface area contributed by atoms with Gasteiger partial charge in [0.25, 0.3) is 5.91 Å². The third-order valence-corrected chi connectivity index (χ3v) is 7.26.